The van der Waals surface area contributed by atoms with Crippen molar-refractivity contribution in [3.63, 3.8) is 0 Å². The number of allylic oxidation sites excluding steroid dienone is 2. The highest BCUT2D eigenvalue weighted by molar-refractivity contribution is 6.29. The van der Waals surface area contributed by atoms with Crippen molar-refractivity contribution >= 4 is 11.6 Å². The molecule has 3 heteroatoms. The van der Waals surface area contributed by atoms with Crippen LogP contribution in [0, 0.1) is 0 Å². The number of nitrogens with two attached hydrogens (primary N) is 1. The molecule has 0 saturated carbocycles. The van der Waals surface area contributed by atoms with Crippen molar-refractivity contribution in [2.24, 2.45) is 5.73 Å². The van der Waals surface area contributed by atoms with E-state index in [1.165, 1.54) is 12.2 Å². The van der Waals surface area contributed by atoms with Gasteiger partial charge in [-0.2, -0.15) is 0 Å². The predicted molar refractivity (Wildman–Crippen MR) is 35.7 cm³/mol. The largest absolute Gasteiger partial charge is 0.296 e. The molecule has 0 aromatic rings. The molecule has 0 aromatic carbocycles. The second-order valence-electron chi connectivity index (χ2n) is 2.08. The molecule has 0 bridgehead atoms. The van der Waals surface area contributed by atoms with Crippen molar-refractivity contribution in [1.29, 1.82) is 0 Å². The molecule has 1 nitrogen and oxygen atoms in total. The molecule has 0 aliphatic heterocycles. The van der Waals surface area contributed by atoms with E-state index in [4.69, 9.17) is 17.3 Å². The Morgan fingerprint density at radius 3 is 2.78 bits per heavy atom. The average Bonchev–Trinajstić information content (AvgIpc) is 1.60. The van der Waals surface area contributed by atoms with E-state index in [2.05, 4.69) is 0 Å². The first-order valence-electron chi connectivity index (χ1n) is 2.62. The Balaban J connectivity index is 2.73. The van der Waals surface area contributed by atoms with E-state index in [0.29, 0.717) is 5.03 Å². The molecule has 2 N–H and O–H groups in total. The van der Waals surface area contributed by atoms with Gasteiger partial charge in [0.1, 0.15) is 0 Å². The minimum absolute atomic E-state index is 0.0883. The van der Waals surface area contributed by atoms with Crippen LogP contribution < -0.4 is 5.73 Å². The molecule has 1 rings (SSSR count). The van der Waals surface area contributed by atoms with Gasteiger partial charge in [-0.25, -0.2) is 4.39 Å². The van der Waals surface area contributed by atoms with Crippen LogP contribution >= 0.6 is 11.6 Å². The van der Waals surface area contributed by atoms with Gasteiger partial charge in [0.2, 0.25) is 0 Å². The van der Waals surface area contributed by atoms with Crippen molar-refractivity contribution in [1.82, 2.24) is 0 Å². The van der Waals surface area contributed by atoms with E-state index in [1.807, 2.05) is 0 Å². The van der Waals surface area contributed by atoms with Crippen LogP contribution in [0.1, 0.15) is 6.42 Å². The predicted octanol–water partition coefficient (Wildman–Crippen LogP) is 1.69. The second kappa shape index (κ2) is 2.12. The Labute approximate surface area is 58.0 Å². The quantitative estimate of drug-likeness (QED) is 0.519. The van der Waals surface area contributed by atoms with E-state index < -0.39 is 5.79 Å². The van der Waals surface area contributed by atoms with Crippen molar-refractivity contribution < 1.29 is 4.39 Å². The van der Waals surface area contributed by atoms with Gasteiger partial charge in [-0.05, 0) is 12.2 Å². The van der Waals surface area contributed by atoms with Gasteiger partial charge in [-0.1, -0.05) is 17.7 Å². The fourth-order valence-electron chi connectivity index (χ4n) is 0.689. The summed E-state index contributed by atoms with van der Waals surface area (Å²) >= 11 is 5.49. The summed E-state index contributed by atoms with van der Waals surface area (Å²) in [7, 11) is 0. The molecule has 50 valence electrons. The highest BCUT2D eigenvalue weighted by atomic mass is 35.5. The normalized spacial score (nSPS) is 34.3. The first-order valence-corrected chi connectivity index (χ1v) is 3.00. The van der Waals surface area contributed by atoms with Crippen LogP contribution in [0.5, 0.6) is 0 Å². The Morgan fingerprint density at radius 2 is 2.44 bits per heavy atom. The summed E-state index contributed by atoms with van der Waals surface area (Å²) in [5, 5.41) is 0.461. The minimum atomic E-state index is -1.73. The lowest BCUT2D eigenvalue weighted by Crippen LogP contribution is -2.32. The molecular formula is C6H7ClFN. The van der Waals surface area contributed by atoms with E-state index in [0.717, 1.165) is 0 Å². The lowest BCUT2D eigenvalue weighted by atomic mass is 10.1. The van der Waals surface area contributed by atoms with Gasteiger partial charge in [0, 0.05) is 11.5 Å². The van der Waals surface area contributed by atoms with Gasteiger partial charge < -0.3 is 0 Å². The summed E-state index contributed by atoms with van der Waals surface area (Å²) in [6, 6.07) is 0. The van der Waals surface area contributed by atoms with E-state index in [-0.39, 0.29) is 6.42 Å². The van der Waals surface area contributed by atoms with Crippen LogP contribution in [0.25, 0.3) is 0 Å². The van der Waals surface area contributed by atoms with Crippen LogP contribution in [0.2, 0.25) is 0 Å². The molecule has 9 heavy (non-hydrogen) atoms. The Kier molecular flexibility index (Phi) is 1.60. The SMILES string of the molecule is NC1(F)C=CC=C(Cl)C1. The molecular weight excluding hydrogens is 141 g/mol. The van der Waals surface area contributed by atoms with Crippen LogP contribution in [0.3, 0.4) is 0 Å². The molecule has 0 aromatic heterocycles. The fraction of sp³-hybridized carbons (Fsp3) is 0.333. The molecule has 1 aliphatic rings. The molecule has 0 spiro atoms. The first kappa shape index (κ1) is 6.78. The van der Waals surface area contributed by atoms with Gasteiger partial charge in [-0.15, -0.1) is 0 Å². The fourth-order valence-corrected chi connectivity index (χ4v) is 0.967. The van der Waals surface area contributed by atoms with E-state index >= 15 is 0 Å². The van der Waals surface area contributed by atoms with Crippen LogP contribution in [0.4, 0.5) is 4.39 Å². The Bertz CT molecular complexity index is 172. The molecule has 0 radical (unpaired) electrons. The summed E-state index contributed by atoms with van der Waals surface area (Å²) in [5.41, 5.74) is 5.09. The smallest absolute Gasteiger partial charge is 0.183 e. The topological polar surface area (TPSA) is 26.0 Å². The molecule has 0 heterocycles. The summed E-state index contributed by atoms with van der Waals surface area (Å²) in [6.07, 6.45) is 4.53. The summed E-state index contributed by atoms with van der Waals surface area (Å²) < 4.78 is 12.7. The molecule has 1 unspecified atom stereocenters. The number of halogens is 2. The monoisotopic (exact) mass is 147 g/mol. The molecule has 0 saturated heterocycles. The van der Waals surface area contributed by atoms with Crippen molar-refractivity contribution in [2.75, 3.05) is 0 Å². The van der Waals surface area contributed by atoms with E-state index in [1.54, 1.807) is 6.08 Å². The summed E-state index contributed by atoms with van der Waals surface area (Å²) in [4.78, 5) is 0. The van der Waals surface area contributed by atoms with Crippen LogP contribution in [-0.2, 0) is 0 Å². The van der Waals surface area contributed by atoms with Gasteiger partial charge in [0.05, 0.1) is 0 Å². The van der Waals surface area contributed by atoms with Crippen molar-refractivity contribution in [2.45, 2.75) is 12.2 Å². The third kappa shape index (κ3) is 1.80. The Hall–Kier alpha value is -0.340. The lowest BCUT2D eigenvalue weighted by molar-refractivity contribution is 0.240. The number of rotatable bonds is 0. The minimum Gasteiger partial charge on any atom is -0.296 e. The Morgan fingerprint density at radius 1 is 1.78 bits per heavy atom. The third-order valence-corrected chi connectivity index (χ3v) is 1.35. The zero-order valence-corrected chi connectivity index (χ0v) is 5.53. The maximum Gasteiger partial charge on any atom is 0.183 e. The highest BCUT2D eigenvalue weighted by Crippen LogP contribution is 2.23. The standard InChI is InChI=1S/C6H7ClFN/c7-5-2-1-3-6(8,9)4-5/h1-3H,4,9H2. The average molecular weight is 148 g/mol. The van der Waals surface area contributed by atoms with Gasteiger partial charge in [-0.3, -0.25) is 5.73 Å². The van der Waals surface area contributed by atoms with E-state index in [9.17, 15) is 4.39 Å². The summed E-state index contributed by atoms with van der Waals surface area (Å²) in [6.45, 7) is 0. The number of alkyl halides is 1. The van der Waals surface area contributed by atoms with Gasteiger partial charge in [0.15, 0.2) is 5.79 Å². The third-order valence-electron chi connectivity index (χ3n) is 1.09. The number of hydrogen-bond donors (Lipinski definition) is 1. The zero-order valence-electron chi connectivity index (χ0n) is 4.77. The molecule has 0 amide bonds. The summed E-state index contributed by atoms with van der Waals surface area (Å²) in [5.74, 6) is -1.73. The van der Waals surface area contributed by atoms with Crippen molar-refractivity contribution in [3.8, 4) is 0 Å². The maximum absolute atomic E-state index is 12.7. The molecule has 0 fully saturated rings. The molecule has 1 atom stereocenters. The second-order valence-corrected chi connectivity index (χ2v) is 2.56. The number of hydrogen-bond acceptors (Lipinski definition) is 1. The lowest BCUT2D eigenvalue weighted by Gasteiger charge is -2.17. The highest BCUT2D eigenvalue weighted by Gasteiger charge is 2.22. The molecule has 1 aliphatic carbocycles. The van der Waals surface area contributed by atoms with Gasteiger partial charge in [0.25, 0.3) is 0 Å². The maximum atomic E-state index is 12.7. The van der Waals surface area contributed by atoms with Crippen LogP contribution in [-0.4, -0.2) is 5.79 Å². The van der Waals surface area contributed by atoms with Crippen molar-refractivity contribution in [3.05, 3.63) is 23.3 Å². The first-order chi connectivity index (χ1) is 4.10. The zero-order chi connectivity index (χ0) is 6.91. The van der Waals surface area contributed by atoms with Crippen LogP contribution in [0.15, 0.2) is 23.3 Å². The van der Waals surface area contributed by atoms with Gasteiger partial charge >= 0.3 is 0 Å².